The van der Waals surface area contributed by atoms with Crippen LogP contribution < -0.4 is 4.74 Å². The lowest BCUT2D eigenvalue weighted by atomic mass is 10.1. The van der Waals surface area contributed by atoms with Crippen LogP contribution in [0.5, 0.6) is 5.88 Å². The Morgan fingerprint density at radius 2 is 2.00 bits per heavy atom. The molecule has 0 aromatic carbocycles. The highest BCUT2D eigenvalue weighted by atomic mass is 19.4. The van der Waals surface area contributed by atoms with Crippen LogP contribution in [-0.2, 0) is 0 Å². The average Bonchev–Trinajstić information content (AvgIpc) is 2.14. The quantitative estimate of drug-likeness (QED) is 0.744. The molecular formula is C8H3F5N2O. The normalized spacial score (nSPS) is 11.3. The van der Waals surface area contributed by atoms with Gasteiger partial charge in [-0.3, -0.25) is 0 Å². The highest BCUT2D eigenvalue weighted by Gasteiger charge is 2.34. The average molecular weight is 238 g/mol. The van der Waals surface area contributed by atoms with Crippen LogP contribution in [0.3, 0.4) is 0 Å². The summed E-state index contributed by atoms with van der Waals surface area (Å²) < 4.78 is 63.5. The lowest BCUT2D eigenvalue weighted by Crippen LogP contribution is -2.19. The maximum Gasteiger partial charge on any atom is 0.574 e. The van der Waals surface area contributed by atoms with Crippen molar-refractivity contribution in [2.24, 2.45) is 0 Å². The van der Waals surface area contributed by atoms with E-state index in [1.54, 1.807) is 0 Å². The van der Waals surface area contributed by atoms with E-state index < -0.39 is 29.8 Å². The number of alkyl halides is 5. The number of nitrogens with zero attached hydrogens (tertiary/aromatic N) is 2. The van der Waals surface area contributed by atoms with Gasteiger partial charge in [-0.1, -0.05) is 0 Å². The Kier molecular flexibility index (Phi) is 3.27. The second-order valence-electron chi connectivity index (χ2n) is 2.54. The number of aromatic nitrogens is 1. The van der Waals surface area contributed by atoms with Gasteiger partial charge in [0, 0.05) is 11.8 Å². The highest BCUT2D eigenvalue weighted by molar-refractivity contribution is 5.45. The van der Waals surface area contributed by atoms with Crippen molar-refractivity contribution in [1.29, 1.82) is 5.26 Å². The zero-order valence-corrected chi connectivity index (χ0v) is 7.42. The number of hydrogen-bond donors (Lipinski definition) is 0. The lowest BCUT2D eigenvalue weighted by Gasteiger charge is -2.10. The maximum atomic E-state index is 12.3. The second kappa shape index (κ2) is 4.30. The smallest absolute Gasteiger partial charge is 0.386 e. The largest absolute Gasteiger partial charge is 0.574 e. The Balaban J connectivity index is 3.21. The van der Waals surface area contributed by atoms with E-state index in [9.17, 15) is 22.0 Å². The summed E-state index contributed by atoms with van der Waals surface area (Å²) in [7, 11) is 0. The van der Waals surface area contributed by atoms with Gasteiger partial charge in [0.1, 0.15) is 11.6 Å². The van der Waals surface area contributed by atoms with Gasteiger partial charge >= 0.3 is 6.36 Å². The molecule has 3 nitrogen and oxygen atoms in total. The van der Waals surface area contributed by atoms with Crippen molar-refractivity contribution in [2.45, 2.75) is 12.8 Å². The van der Waals surface area contributed by atoms with E-state index in [0.29, 0.717) is 6.20 Å². The summed E-state index contributed by atoms with van der Waals surface area (Å²) in [4.78, 5) is 3.08. The first kappa shape index (κ1) is 12.2. The minimum absolute atomic E-state index is 0.712. The van der Waals surface area contributed by atoms with Gasteiger partial charge in [-0.2, -0.15) is 5.26 Å². The summed E-state index contributed by atoms with van der Waals surface area (Å²) >= 11 is 0. The molecule has 0 bridgehead atoms. The Hall–Kier alpha value is -1.91. The van der Waals surface area contributed by atoms with E-state index in [1.807, 2.05) is 0 Å². The summed E-state index contributed by atoms with van der Waals surface area (Å²) in [6, 6.07) is 1.96. The molecule has 0 aliphatic heterocycles. The molecule has 86 valence electrons. The molecule has 0 aliphatic carbocycles. The van der Waals surface area contributed by atoms with Gasteiger partial charge in [-0.25, -0.2) is 13.8 Å². The predicted octanol–water partition coefficient (Wildman–Crippen LogP) is 2.79. The second-order valence-corrected chi connectivity index (χ2v) is 2.54. The predicted molar refractivity (Wildman–Crippen MR) is 40.6 cm³/mol. The molecule has 1 aromatic rings. The number of nitriles is 1. The number of ether oxygens (including phenoxy) is 1. The summed E-state index contributed by atoms with van der Waals surface area (Å²) in [5.74, 6) is -1.17. The molecule has 0 spiro atoms. The van der Waals surface area contributed by atoms with Crippen molar-refractivity contribution in [3.05, 3.63) is 23.4 Å². The number of rotatable bonds is 2. The van der Waals surface area contributed by atoms with Crippen molar-refractivity contribution >= 4 is 0 Å². The monoisotopic (exact) mass is 238 g/mol. The first-order valence-corrected chi connectivity index (χ1v) is 3.78. The molecule has 0 radical (unpaired) electrons. The van der Waals surface area contributed by atoms with Crippen LogP contribution in [0.1, 0.15) is 17.6 Å². The fraction of sp³-hybridized carbons (Fsp3) is 0.250. The molecule has 8 heteroatoms. The van der Waals surface area contributed by atoms with Gasteiger partial charge in [0.15, 0.2) is 0 Å². The standard InChI is InChI=1S/C8H3F5N2O/c9-6(10)4-1-2-15-7(5(4)3-14)16-8(11,12)13/h1-2,6H. The molecule has 0 N–H and O–H groups in total. The van der Waals surface area contributed by atoms with Crippen LogP contribution in [0, 0.1) is 11.3 Å². The van der Waals surface area contributed by atoms with Crippen molar-refractivity contribution < 1.29 is 26.7 Å². The Morgan fingerprint density at radius 3 is 2.44 bits per heavy atom. The third kappa shape index (κ3) is 2.79. The molecule has 0 amide bonds. The van der Waals surface area contributed by atoms with E-state index in [2.05, 4.69) is 9.72 Å². The topological polar surface area (TPSA) is 45.9 Å². The molecule has 0 aliphatic rings. The number of pyridine rings is 1. The van der Waals surface area contributed by atoms with Gasteiger partial charge in [0.2, 0.25) is 5.88 Å². The summed E-state index contributed by atoms with van der Waals surface area (Å²) in [6.45, 7) is 0. The fourth-order valence-electron chi connectivity index (χ4n) is 0.938. The molecule has 1 heterocycles. The number of halogens is 5. The molecular weight excluding hydrogens is 235 g/mol. The van der Waals surface area contributed by atoms with Gasteiger partial charge in [-0.15, -0.1) is 13.2 Å². The fourth-order valence-corrected chi connectivity index (χ4v) is 0.938. The van der Waals surface area contributed by atoms with E-state index in [0.717, 1.165) is 6.07 Å². The first-order chi connectivity index (χ1) is 7.35. The lowest BCUT2D eigenvalue weighted by molar-refractivity contribution is -0.276. The van der Waals surface area contributed by atoms with Gasteiger partial charge in [0.05, 0.1) is 0 Å². The van der Waals surface area contributed by atoms with Gasteiger partial charge in [-0.05, 0) is 6.07 Å². The maximum absolute atomic E-state index is 12.3. The molecule has 1 rings (SSSR count). The molecule has 0 saturated carbocycles. The van der Waals surface area contributed by atoms with Crippen molar-refractivity contribution in [3.63, 3.8) is 0 Å². The van der Waals surface area contributed by atoms with Gasteiger partial charge in [0.25, 0.3) is 6.43 Å². The van der Waals surface area contributed by atoms with Crippen molar-refractivity contribution in [3.8, 4) is 11.9 Å². The summed E-state index contributed by atoms with van der Waals surface area (Å²) in [5, 5.41) is 8.47. The van der Waals surface area contributed by atoms with Crippen LogP contribution in [0.25, 0.3) is 0 Å². The van der Waals surface area contributed by atoms with Crippen LogP contribution in [0.2, 0.25) is 0 Å². The minimum atomic E-state index is -5.08. The van der Waals surface area contributed by atoms with E-state index in [-0.39, 0.29) is 0 Å². The van der Waals surface area contributed by atoms with Crippen molar-refractivity contribution in [1.82, 2.24) is 4.98 Å². The van der Waals surface area contributed by atoms with E-state index >= 15 is 0 Å². The number of hydrogen-bond acceptors (Lipinski definition) is 3. The summed E-state index contributed by atoms with van der Waals surface area (Å²) in [6.07, 6.45) is -7.45. The Morgan fingerprint density at radius 1 is 1.38 bits per heavy atom. The van der Waals surface area contributed by atoms with E-state index in [1.165, 1.54) is 6.07 Å². The molecule has 0 saturated heterocycles. The van der Waals surface area contributed by atoms with Crippen molar-refractivity contribution in [2.75, 3.05) is 0 Å². The Labute approximate surface area is 86.1 Å². The molecule has 0 fully saturated rings. The molecule has 1 aromatic heterocycles. The minimum Gasteiger partial charge on any atom is -0.386 e. The highest BCUT2D eigenvalue weighted by Crippen LogP contribution is 2.30. The molecule has 0 atom stereocenters. The van der Waals surface area contributed by atoms with Crippen LogP contribution in [-0.4, -0.2) is 11.3 Å². The summed E-state index contributed by atoms with van der Waals surface area (Å²) in [5.41, 5.74) is -1.77. The SMILES string of the molecule is N#Cc1c(C(F)F)ccnc1OC(F)(F)F. The molecule has 16 heavy (non-hydrogen) atoms. The Bertz CT molecular complexity index is 423. The van der Waals surface area contributed by atoms with Crippen LogP contribution >= 0.6 is 0 Å². The van der Waals surface area contributed by atoms with E-state index in [4.69, 9.17) is 5.26 Å². The zero-order chi connectivity index (χ0) is 12.3. The van der Waals surface area contributed by atoms with Crippen LogP contribution in [0.15, 0.2) is 12.3 Å². The molecule has 0 unspecified atom stereocenters. The van der Waals surface area contributed by atoms with Crippen LogP contribution in [0.4, 0.5) is 22.0 Å². The van der Waals surface area contributed by atoms with Gasteiger partial charge < -0.3 is 4.74 Å². The zero-order valence-electron chi connectivity index (χ0n) is 7.42. The third-order valence-corrected chi connectivity index (χ3v) is 1.51. The first-order valence-electron chi connectivity index (χ1n) is 3.78. The third-order valence-electron chi connectivity index (χ3n) is 1.51.